The average molecular weight is 364 g/mol. The molecule has 4 nitrogen and oxygen atoms in total. The quantitative estimate of drug-likeness (QED) is 0.811. The number of nitrogens with zero attached hydrogens (tertiary/aromatic N) is 2. The fourth-order valence-electron chi connectivity index (χ4n) is 4.97. The lowest BCUT2D eigenvalue weighted by molar-refractivity contribution is -0.140. The van der Waals surface area contributed by atoms with E-state index >= 15 is 0 Å². The second-order valence-electron chi connectivity index (χ2n) is 8.52. The third-order valence-electron chi connectivity index (χ3n) is 6.62. The number of benzene rings is 2. The molecule has 0 radical (unpaired) electrons. The SMILES string of the molecule is COc1ccc2ccccc2c1CN1C[C@@H]2CC[C@H](C1)N(CC1CC1)C2=O. The van der Waals surface area contributed by atoms with E-state index in [-0.39, 0.29) is 5.92 Å². The zero-order chi connectivity index (χ0) is 18.4. The summed E-state index contributed by atoms with van der Waals surface area (Å²) in [5, 5.41) is 2.51. The minimum Gasteiger partial charge on any atom is -0.496 e. The molecule has 27 heavy (non-hydrogen) atoms. The number of piperidine rings is 1. The van der Waals surface area contributed by atoms with Gasteiger partial charge in [0.15, 0.2) is 0 Å². The van der Waals surface area contributed by atoms with Crippen molar-refractivity contribution in [3.63, 3.8) is 0 Å². The van der Waals surface area contributed by atoms with Crippen LogP contribution in [0, 0.1) is 11.8 Å². The van der Waals surface area contributed by atoms with Gasteiger partial charge in [-0.2, -0.15) is 0 Å². The molecule has 0 spiro atoms. The van der Waals surface area contributed by atoms with Crippen LogP contribution in [0.25, 0.3) is 10.8 Å². The molecule has 2 atom stereocenters. The third kappa shape index (κ3) is 3.20. The first-order chi connectivity index (χ1) is 13.2. The number of carbonyl (C=O) groups is 1. The van der Waals surface area contributed by atoms with Crippen LogP contribution >= 0.6 is 0 Å². The Balaban J connectivity index is 1.43. The summed E-state index contributed by atoms with van der Waals surface area (Å²) in [6, 6.07) is 13.1. The molecule has 3 aliphatic heterocycles. The van der Waals surface area contributed by atoms with E-state index < -0.39 is 0 Å². The van der Waals surface area contributed by atoms with Crippen molar-refractivity contribution >= 4 is 16.7 Å². The molecule has 0 aromatic heterocycles. The van der Waals surface area contributed by atoms with Gasteiger partial charge in [0.25, 0.3) is 0 Å². The molecule has 2 aromatic rings. The second-order valence-corrected chi connectivity index (χ2v) is 8.52. The summed E-state index contributed by atoms with van der Waals surface area (Å²) in [7, 11) is 1.75. The van der Waals surface area contributed by atoms with E-state index in [1.165, 1.54) is 29.2 Å². The zero-order valence-electron chi connectivity index (χ0n) is 16.1. The molecule has 1 saturated carbocycles. The van der Waals surface area contributed by atoms with E-state index in [9.17, 15) is 4.79 Å². The Kier molecular flexibility index (Phi) is 4.31. The van der Waals surface area contributed by atoms with Gasteiger partial charge in [-0.1, -0.05) is 30.3 Å². The van der Waals surface area contributed by atoms with Crippen LogP contribution in [-0.2, 0) is 11.3 Å². The van der Waals surface area contributed by atoms with Crippen molar-refractivity contribution in [3.05, 3.63) is 42.0 Å². The summed E-state index contributed by atoms with van der Waals surface area (Å²) in [5.74, 6) is 2.29. The summed E-state index contributed by atoms with van der Waals surface area (Å²) in [6.07, 6.45) is 4.82. The molecule has 2 bridgehead atoms. The van der Waals surface area contributed by atoms with E-state index in [0.717, 1.165) is 50.7 Å². The number of fused-ring (bicyclic) bond motifs is 5. The Morgan fingerprint density at radius 2 is 1.89 bits per heavy atom. The molecule has 4 aliphatic rings. The highest BCUT2D eigenvalue weighted by molar-refractivity contribution is 5.87. The van der Waals surface area contributed by atoms with Crippen LogP contribution in [0.1, 0.15) is 31.2 Å². The maximum Gasteiger partial charge on any atom is 0.227 e. The summed E-state index contributed by atoms with van der Waals surface area (Å²) in [4.78, 5) is 17.7. The Bertz CT molecular complexity index is 861. The fraction of sp³-hybridized carbons (Fsp3) is 0.522. The van der Waals surface area contributed by atoms with Gasteiger partial charge >= 0.3 is 0 Å². The van der Waals surface area contributed by atoms with E-state index in [0.29, 0.717) is 11.9 Å². The van der Waals surface area contributed by atoms with Crippen LogP contribution in [-0.4, -0.2) is 48.5 Å². The first-order valence-electron chi connectivity index (χ1n) is 10.3. The van der Waals surface area contributed by atoms with Crippen LogP contribution in [0.2, 0.25) is 0 Å². The molecule has 1 amide bonds. The molecule has 1 aliphatic carbocycles. The minimum absolute atomic E-state index is 0.170. The molecule has 4 fully saturated rings. The van der Waals surface area contributed by atoms with E-state index in [1.54, 1.807) is 7.11 Å². The van der Waals surface area contributed by atoms with Crippen molar-refractivity contribution in [1.82, 2.24) is 9.80 Å². The van der Waals surface area contributed by atoms with Gasteiger partial charge in [-0.3, -0.25) is 9.69 Å². The summed E-state index contributed by atoms with van der Waals surface area (Å²) in [6.45, 7) is 3.71. The molecule has 142 valence electrons. The lowest BCUT2D eigenvalue weighted by atomic mass is 9.94. The van der Waals surface area contributed by atoms with Gasteiger partial charge in [0.2, 0.25) is 5.91 Å². The van der Waals surface area contributed by atoms with E-state index in [1.807, 2.05) is 0 Å². The van der Waals surface area contributed by atoms with Gasteiger partial charge < -0.3 is 9.64 Å². The highest BCUT2D eigenvalue weighted by atomic mass is 16.5. The van der Waals surface area contributed by atoms with Crippen LogP contribution < -0.4 is 4.74 Å². The predicted molar refractivity (Wildman–Crippen MR) is 107 cm³/mol. The lowest BCUT2D eigenvalue weighted by Crippen LogP contribution is -2.48. The van der Waals surface area contributed by atoms with Gasteiger partial charge in [0.05, 0.1) is 13.0 Å². The van der Waals surface area contributed by atoms with Gasteiger partial charge in [0.1, 0.15) is 5.75 Å². The summed E-state index contributed by atoms with van der Waals surface area (Å²) in [5.41, 5.74) is 1.25. The molecule has 4 heteroatoms. The Labute approximate surface area is 161 Å². The smallest absolute Gasteiger partial charge is 0.227 e. The monoisotopic (exact) mass is 364 g/mol. The molecular weight excluding hydrogens is 336 g/mol. The van der Waals surface area contributed by atoms with Gasteiger partial charge in [-0.25, -0.2) is 0 Å². The number of ether oxygens (including phenoxy) is 1. The largest absolute Gasteiger partial charge is 0.496 e. The van der Waals surface area contributed by atoms with Crippen molar-refractivity contribution < 1.29 is 9.53 Å². The topological polar surface area (TPSA) is 32.8 Å². The number of rotatable bonds is 5. The Morgan fingerprint density at radius 1 is 1.04 bits per heavy atom. The average Bonchev–Trinajstić information content (AvgIpc) is 3.53. The first-order valence-corrected chi connectivity index (χ1v) is 10.3. The van der Waals surface area contributed by atoms with Crippen molar-refractivity contribution in [1.29, 1.82) is 0 Å². The van der Waals surface area contributed by atoms with Crippen LogP contribution in [0.15, 0.2) is 36.4 Å². The highest BCUT2D eigenvalue weighted by Gasteiger charge is 2.42. The van der Waals surface area contributed by atoms with E-state index in [4.69, 9.17) is 4.74 Å². The molecule has 0 unspecified atom stereocenters. The number of carbonyl (C=O) groups excluding carboxylic acids is 1. The number of hydrogen-bond donors (Lipinski definition) is 0. The lowest BCUT2D eigenvalue weighted by Gasteiger charge is -2.36. The molecule has 3 saturated heterocycles. The van der Waals surface area contributed by atoms with Crippen molar-refractivity contribution in [2.45, 2.75) is 38.3 Å². The van der Waals surface area contributed by atoms with Crippen LogP contribution in [0.4, 0.5) is 0 Å². The van der Waals surface area contributed by atoms with Gasteiger partial charge in [-0.05, 0) is 48.4 Å². The Morgan fingerprint density at radius 3 is 2.70 bits per heavy atom. The maximum absolute atomic E-state index is 13.0. The standard InChI is InChI=1S/C23H28N2O2/c1-27-22-11-9-17-4-2-3-5-20(17)21(22)15-24-13-18-8-10-19(14-24)25(23(18)26)12-16-6-7-16/h2-5,9,11,16,18-19H,6-8,10,12-15H2,1H3/t18-,19+/m0/s1. The third-order valence-corrected chi connectivity index (χ3v) is 6.62. The first kappa shape index (κ1) is 17.1. The van der Waals surface area contributed by atoms with Crippen molar-refractivity contribution in [3.8, 4) is 5.75 Å². The fourth-order valence-corrected chi connectivity index (χ4v) is 4.97. The number of methoxy groups -OCH3 is 1. The van der Waals surface area contributed by atoms with Crippen LogP contribution in [0.3, 0.4) is 0 Å². The van der Waals surface area contributed by atoms with Crippen molar-refractivity contribution in [2.24, 2.45) is 11.8 Å². The zero-order valence-corrected chi connectivity index (χ0v) is 16.1. The summed E-state index contributed by atoms with van der Waals surface area (Å²) >= 11 is 0. The molecule has 6 rings (SSSR count). The van der Waals surface area contributed by atoms with Gasteiger partial charge in [0, 0.05) is 37.8 Å². The predicted octanol–water partition coefficient (Wildman–Crippen LogP) is 3.68. The number of amides is 1. The highest BCUT2D eigenvalue weighted by Crippen LogP contribution is 2.37. The minimum atomic E-state index is 0.170. The van der Waals surface area contributed by atoms with Crippen molar-refractivity contribution in [2.75, 3.05) is 26.7 Å². The molecule has 2 aromatic carbocycles. The number of hydrogen-bond acceptors (Lipinski definition) is 3. The molecular formula is C23H28N2O2. The second kappa shape index (κ2) is 6.83. The Hall–Kier alpha value is -2.07. The molecule has 0 N–H and O–H groups in total. The normalized spacial score (nSPS) is 25.8. The molecule has 3 heterocycles. The summed E-state index contributed by atoms with van der Waals surface area (Å²) < 4.78 is 5.69. The van der Waals surface area contributed by atoms with Gasteiger partial charge in [-0.15, -0.1) is 0 Å². The maximum atomic E-state index is 13.0. The van der Waals surface area contributed by atoms with E-state index in [2.05, 4.69) is 46.2 Å². The van der Waals surface area contributed by atoms with Crippen LogP contribution in [0.5, 0.6) is 5.75 Å².